The average Bonchev–Trinajstić information content (AvgIpc) is 2.68. The van der Waals surface area contributed by atoms with Crippen LogP contribution in [0.5, 0.6) is 5.75 Å². The summed E-state index contributed by atoms with van der Waals surface area (Å²) in [5, 5.41) is 2.82. The lowest BCUT2D eigenvalue weighted by molar-refractivity contribution is 0.184. The SMILES string of the molecule is COc1ccc(S(=O)(=O)N2CCN(C(=O)Nc3ccccc3)CC2)c(C)c1. The number of amides is 2. The first-order chi connectivity index (χ1) is 12.9. The Labute approximate surface area is 159 Å². The molecule has 0 aromatic heterocycles. The van der Waals surface area contributed by atoms with Crippen LogP contribution in [0.4, 0.5) is 10.5 Å². The molecule has 2 aromatic carbocycles. The van der Waals surface area contributed by atoms with E-state index < -0.39 is 10.0 Å². The van der Waals surface area contributed by atoms with Crippen LogP contribution in [-0.4, -0.2) is 56.9 Å². The van der Waals surface area contributed by atoms with Gasteiger partial charge in [-0.25, -0.2) is 13.2 Å². The first kappa shape index (κ1) is 19.2. The van der Waals surface area contributed by atoms with Crippen molar-refractivity contribution in [1.82, 2.24) is 9.21 Å². The number of benzene rings is 2. The van der Waals surface area contributed by atoms with Crippen molar-refractivity contribution >= 4 is 21.7 Å². The third kappa shape index (κ3) is 4.23. The molecule has 2 amide bonds. The number of nitrogens with one attached hydrogen (secondary N) is 1. The quantitative estimate of drug-likeness (QED) is 0.872. The fourth-order valence-electron chi connectivity index (χ4n) is 3.03. The molecule has 1 saturated heterocycles. The second-order valence-electron chi connectivity index (χ2n) is 6.32. The van der Waals surface area contributed by atoms with Gasteiger partial charge in [-0.3, -0.25) is 0 Å². The van der Waals surface area contributed by atoms with Gasteiger partial charge in [0, 0.05) is 31.9 Å². The van der Waals surface area contributed by atoms with Gasteiger partial charge in [0.05, 0.1) is 12.0 Å². The van der Waals surface area contributed by atoms with E-state index in [1.54, 1.807) is 37.1 Å². The third-order valence-electron chi connectivity index (χ3n) is 4.55. The standard InChI is InChI=1S/C19H23N3O4S/c1-15-14-17(26-2)8-9-18(15)27(24,25)22-12-10-21(11-13-22)19(23)20-16-6-4-3-5-7-16/h3-9,14H,10-13H2,1-2H3,(H,20,23). The maximum atomic E-state index is 12.9. The van der Waals surface area contributed by atoms with Gasteiger partial charge in [0.25, 0.3) is 0 Å². The van der Waals surface area contributed by atoms with Gasteiger partial charge < -0.3 is 15.0 Å². The predicted octanol–water partition coefficient (Wildman–Crippen LogP) is 2.54. The summed E-state index contributed by atoms with van der Waals surface area (Å²) >= 11 is 0. The molecule has 3 rings (SSSR count). The summed E-state index contributed by atoms with van der Waals surface area (Å²) in [6.07, 6.45) is 0. The largest absolute Gasteiger partial charge is 0.497 e. The van der Waals surface area contributed by atoms with E-state index in [2.05, 4.69) is 5.32 Å². The van der Waals surface area contributed by atoms with E-state index in [0.29, 0.717) is 30.1 Å². The fraction of sp³-hybridized carbons (Fsp3) is 0.316. The van der Waals surface area contributed by atoms with E-state index in [4.69, 9.17) is 4.74 Å². The smallest absolute Gasteiger partial charge is 0.321 e. The molecule has 144 valence electrons. The highest BCUT2D eigenvalue weighted by Crippen LogP contribution is 2.25. The van der Waals surface area contributed by atoms with Gasteiger partial charge in [0.15, 0.2) is 0 Å². The molecule has 0 spiro atoms. The van der Waals surface area contributed by atoms with E-state index in [9.17, 15) is 13.2 Å². The number of para-hydroxylation sites is 1. The van der Waals surface area contributed by atoms with Gasteiger partial charge in [-0.15, -0.1) is 0 Å². The maximum Gasteiger partial charge on any atom is 0.321 e. The Kier molecular flexibility index (Phi) is 5.67. The Morgan fingerprint density at radius 1 is 1.04 bits per heavy atom. The van der Waals surface area contributed by atoms with Crippen molar-refractivity contribution in [2.45, 2.75) is 11.8 Å². The van der Waals surface area contributed by atoms with Crippen molar-refractivity contribution in [2.75, 3.05) is 38.6 Å². The molecular weight excluding hydrogens is 366 g/mol. The zero-order chi connectivity index (χ0) is 19.4. The van der Waals surface area contributed by atoms with Gasteiger partial charge in [0.2, 0.25) is 10.0 Å². The lowest BCUT2D eigenvalue weighted by atomic mass is 10.2. The molecule has 27 heavy (non-hydrogen) atoms. The second kappa shape index (κ2) is 7.98. The van der Waals surface area contributed by atoms with Gasteiger partial charge >= 0.3 is 6.03 Å². The minimum Gasteiger partial charge on any atom is -0.497 e. The summed E-state index contributed by atoms with van der Waals surface area (Å²) in [6, 6.07) is 13.9. The number of ether oxygens (including phenoxy) is 1. The number of hydrogen-bond donors (Lipinski definition) is 1. The van der Waals surface area contributed by atoms with Crippen molar-refractivity contribution in [3.63, 3.8) is 0 Å². The number of aryl methyl sites for hydroxylation is 1. The Balaban J connectivity index is 1.65. The van der Waals surface area contributed by atoms with Crippen LogP contribution in [-0.2, 0) is 10.0 Å². The topological polar surface area (TPSA) is 79.0 Å². The molecule has 1 aliphatic heterocycles. The van der Waals surface area contributed by atoms with Crippen LogP contribution in [0.1, 0.15) is 5.56 Å². The molecular formula is C19H23N3O4S. The number of nitrogens with zero attached hydrogens (tertiary/aromatic N) is 2. The average molecular weight is 389 g/mol. The highest BCUT2D eigenvalue weighted by Gasteiger charge is 2.31. The third-order valence-corrected chi connectivity index (χ3v) is 6.61. The van der Waals surface area contributed by atoms with Crippen molar-refractivity contribution < 1.29 is 17.9 Å². The van der Waals surface area contributed by atoms with Crippen LogP contribution in [0.3, 0.4) is 0 Å². The molecule has 0 aliphatic carbocycles. The van der Waals surface area contributed by atoms with E-state index in [0.717, 1.165) is 0 Å². The van der Waals surface area contributed by atoms with E-state index in [1.807, 2.05) is 30.3 Å². The molecule has 0 unspecified atom stereocenters. The number of urea groups is 1. The molecule has 7 nitrogen and oxygen atoms in total. The molecule has 0 saturated carbocycles. The van der Waals surface area contributed by atoms with Crippen molar-refractivity contribution in [3.05, 3.63) is 54.1 Å². The molecule has 0 radical (unpaired) electrons. The summed E-state index contributed by atoms with van der Waals surface area (Å²) in [4.78, 5) is 14.2. The number of piperazine rings is 1. The van der Waals surface area contributed by atoms with Crippen LogP contribution < -0.4 is 10.1 Å². The van der Waals surface area contributed by atoms with Crippen molar-refractivity contribution in [1.29, 1.82) is 0 Å². The first-order valence-corrected chi connectivity index (χ1v) is 10.1. The Morgan fingerprint density at radius 3 is 2.30 bits per heavy atom. The minimum atomic E-state index is -3.61. The minimum absolute atomic E-state index is 0.223. The van der Waals surface area contributed by atoms with Gasteiger partial charge in [0.1, 0.15) is 5.75 Å². The number of hydrogen-bond acceptors (Lipinski definition) is 4. The number of carbonyl (C=O) groups is 1. The van der Waals surface area contributed by atoms with Crippen LogP contribution >= 0.6 is 0 Å². The normalized spacial score (nSPS) is 15.4. The summed E-state index contributed by atoms with van der Waals surface area (Å²) in [7, 11) is -2.06. The second-order valence-corrected chi connectivity index (χ2v) is 8.23. The first-order valence-electron chi connectivity index (χ1n) is 8.67. The Hall–Kier alpha value is -2.58. The number of methoxy groups -OCH3 is 1. The zero-order valence-corrected chi connectivity index (χ0v) is 16.2. The van der Waals surface area contributed by atoms with Crippen molar-refractivity contribution in [3.8, 4) is 5.75 Å². The summed E-state index contributed by atoms with van der Waals surface area (Å²) < 4.78 is 32.4. The van der Waals surface area contributed by atoms with Crippen molar-refractivity contribution in [2.24, 2.45) is 0 Å². The van der Waals surface area contributed by atoms with Crippen LogP contribution in [0, 0.1) is 6.92 Å². The van der Waals surface area contributed by atoms with E-state index in [1.165, 1.54) is 4.31 Å². The predicted molar refractivity (Wildman–Crippen MR) is 104 cm³/mol. The lowest BCUT2D eigenvalue weighted by Gasteiger charge is -2.34. The molecule has 1 N–H and O–H groups in total. The van der Waals surface area contributed by atoms with Crippen LogP contribution in [0.2, 0.25) is 0 Å². The summed E-state index contributed by atoms with van der Waals surface area (Å²) in [5.41, 5.74) is 1.35. The molecule has 0 atom stereocenters. The van der Waals surface area contributed by atoms with Gasteiger partial charge in [-0.1, -0.05) is 18.2 Å². The van der Waals surface area contributed by atoms with E-state index >= 15 is 0 Å². The van der Waals surface area contributed by atoms with Crippen LogP contribution in [0.15, 0.2) is 53.4 Å². The molecule has 8 heteroatoms. The van der Waals surface area contributed by atoms with E-state index in [-0.39, 0.29) is 24.0 Å². The maximum absolute atomic E-state index is 12.9. The number of sulfonamides is 1. The lowest BCUT2D eigenvalue weighted by Crippen LogP contribution is -2.51. The fourth-order valence-corrected chi connectivity index (χ4v) is 4.66. The molecule has 1 heterocycles. The number of carbonyl (C=O) groups excluding carboxylic acids is 1. The highest BCUT2D eigenvalue weighted by atomic mass is 32.2. The molecule has 1 aliphatic rings. The Morgan fingerprint density at radius 2 is 1.70 bits per heavy atom. The number of anilines is 1. The Bertz CT molecular complexity index is 908. The monoisotopic (exact) mass is 389 g/mol. The summed E-state index contributed by atoms with van der Waals surface area (Å²) in [6.45, 7) is 2.95. The number of rotatable bonds is 4. The van der Waals surface area contributed by atoms with Gasteiger partial charge in [-0.05, 0) is 42.8 Å². The molecule has 1 fully saturated rings. The summed E-state index contributed by atoms with van der Waals surface area (Å²) in [5.74, 6) is 0.619. The molecule has 0 bridgehead atoms. The van der Waals surface area contributed by atoms with Crippen LogP contribution in [0.25, 0.3) is 0 Å². The zero-order valence-electron chi connectivity index (χ0n) is 15.4. The highest BCUT2D eigenvalue weighted by molar-refractivity contribution is 7.89. The molecule has 2 aromatic rings. The van der Waals surface area contributed by atoms with Gasteiger partial charge in [-0.2, -0.15) is 4.31 Å².